The Bertz CT molecular complexity index is 161. The number of hydrogen-bond donors (Lipinski definition) is 1. The fraction of sp³-hybridized carbons (Fsp3) is 0.778. The summed E-state index contributed by atoms with van der Waals surface area (Å²) >= 11 is 0. The molecular weight excluding hydrogens is 141 g/mol. The molecule has 0 heterocycles. The zero-order valence-electron chi connectivity index (χ0n) is 7.28. The smallest absolute Gasteiger partial charge is 0.0424 e. The SMILES string of the molecule is CC(C)C1=C(NF)CCCC1. The lowest BCUT2D eigenvalue weighted by Crippen LogP contribution is -2.12. The van der Waals surface area contributed by atoms with Crippen LogP contribution in [0.4, 0.5) is 4.48 Å². The number of halogens is 1. The van der Waals surface area contributed by atoms with Crippen LogP contribution >= 0.6 is 0 Å². The first-order valence-corrected chi connectivity index (χ1v) is 4.34. The van der Waals surface area contributed by atoms with Gasteiger partial charge >= 0.3 is 0 Å². The molecule has 1 aliphatic rings. The molecule has 0 aromatic rings. The van der Waals surface area contributed by atoms with Gasteiger partial charge in [0.15, 0.2) is 0 Å². The van der Waals surface area contributed by atoms with Crippen LogP contribution in [-0.4, -0.2) is 0 Å². The molecule has 0 aromatic carbocycles. The lowest BCUT2D eigenvalue weighted by Gasteiger charge is -2.20. The topological polar surface area (TPSA) is 12.0 Å². The third-order valence-electron chi connectivity index (χ3n) is 2.32. The third kappa shape index (κ3) is 1.95. The summed E-state index contributed by atoms with van der Waals surface area (Å²) in [5.74, 6) is 0.494. The zero-order valence-corrected chi connectivity index (χ0v) is 7.28. The van der Waals surface area contributed by atoms with Gasteiger partial charge in [-0.15, -0.1) is 4.48 Å². The molecule has 2 heteroatoms. The van der Waals surface area contributed by atoms with Crippen molar-refractivity contribution in [2.75, 3.05) is 0 Å². The molecule has 0 atom stereocenters. The van der Waals surface area contributed by atoms with E-state index in [1.165, 1.54) is 12.0 Å². The van der Waals surface area contributed by atoms with Crippen molar-refractivity contribution in [3.8, 4) is 0 Å². The maximum atomic E-state index is 12.2. The molecule has 1 nitrogen and oxygen atoms in total. The highest BCUT2D eigenvalue weighted by Crippen LogP contribution is 2.28. The van der Waals surface area contributed by atoms with Crippen LogP contribution in [0.5, 0.6) is 0 Å². The molecule has 1 aliphatic carbocycles. The maximum Gasteiger partial charge on any atom is 0.0424 e. The summed E-state index contributed by atoms with van der Waals surface area (Å²) in [6, 6.07) is 0. The Morgan fingerprint density at radius 2 is 1.91 bits per heavy atom. The molecule has 64 valence electrons. The van der Waals surface area contributed by atoms with Gasteiger partial charge in [-0.05, 0) is 37.2 Å². The van der Waals surface area contributed by atoms with Gasteiger partial charge in [0, 0.05) is 5.70 Å². The third-order valence-corrected chi connectivity index (χ3v) is 2.32. The lowest BCUT2D eigenvalue weighted by atomic mass is 9.89. The predicted octanol–water partition coefficient (Wildman–Crippen LogP) is 2.94. The Hall–Kier alpha value is -0.530. The van der Waals surface area contributed by atoms with Crippen molar-refractivity contribution < 1.29 is 4.48 Å². The van der Waals surface area contributed by atoms with Gasteiger partial charge in [0.2, 0.25) is 0 Å². The summed E-state index contributed by atoms with van der Waals surface area (Å²) in [5.41, 5.74) is 3.93. The second-order valence-corrected chi connectivity index (χ2v) is 3.46. The van der Waals surface area contributed by atoms with Crippen LogP contribution in [0.3, 0.4) is 0 Å². The average molecular weight is 157 g/mol. The average Bonchev–Trinajstić information content (AvgIpc) is 2.04. The number of hydrogen-bond acceptors (Lipinski definition) is 1. The van der Waals surface area contributed by atoms with E-state index in [4.69, 9.17) is 0 Å². The molecule has 1 rings (SSSR count). The first-order valence-electron chi connectivity index (χ1n) is 4.34. The van der Waals surface area contributed by atoms with E-state index >= 15 is 0 Å². The predicted molar refractivity (Wildman–Crippen MR) is 44.6 cm³/mol. The molecule has 0 spiro atoms. The van der Waals surface area contributed by atoms with Crippen molar-refractivity contribution in [3.63, 3.8) is 0 Å². The van der Waals surface area contributed by atoms with Crippen LogP contribution in [0, 0.1) is 5.92 Å². The second-order valence-electron chi connectivity index (χ2n) is 3.46. The van der Waals surface area contributed by atoms with Crippen LogP contribution < -0.4 is 5.54 Å². The van der Waals surface area contributed by atoms with Gasteiger partial charge in [-0.3, -0.25) is 0 Å². The zero-order chi connectivity index (χ0) is 8.27. The Labute approximate surface area is 67.6 Å². The van der Waals surface area contributed by atoms with Crippen LogP contribution in [0.15, 0.2) is 11.3 Å². The van der Waals surface area contributed by atoms with E-state index in [2.05, 4.69) is 13.8 Å². The fourth-order valence-electron chi connectivity index (χ4n) is 1.67. The Morgan fingerprint density at radius 1 is 1.27 bits per heavy atom. The van der Waals surface area contributed by atoms with Gasteiger partial charge in [0.05, 0.1) is 0 Å². The van der Waals surface area contributed by atoms with Crippen molar-refractivity contribution in [1.29, 1.82) is 0 Å². The molecule has 0 amide bonds. The van der Waals surface area contributed by atoms with Gasteiger partial charge in [-0.1, -0.05) is 13.8 Å². The summed E-state index contributed by atoms with van der Waals surface area (Å²) < 4.78 is 12.2. The largest absolute Gasteiger partial charge is 0.229 e. The normalized spacial score (nSPS) is 19.3. The highest BCUT2D eigenvalue weighted by atomic mass is 19.2. The van der Waals surface area contributed by atoms with E-state index in [0.29, 0.717) is 5.92 Å². The van der Waals surface area contributed by atoms with Gasteiger partial charge in [0.25, 0.3) is 0 Å². The highest BCUT2D eigenvalue weighted by molar-refractivity contribution is 5.16. The molecule has 0 unspecified atom stereocenters. The van der Waals surface area contributed by atoms with E-state index in [-0.39, 0.29) is 0 Å². The quantitative estimate of drug-likeness (QED) is 0.608. The molecule has 0 saturated heterocycles. The first kappa shape index (κ1) is 8.57. The summed E-state index contributed by atoms with van der Waals surface area (Å²) in [4.78, 5) is 0. The minimum atomic E-state index is 0.494. The summed E-state index contributed by atoms with van der Waals surface area (Å²) in [6.07, 6.45) is 4.31. The van der Waals surface area contributed by atoms with Crippen molar-refractivity contribution in [2.45, 2.75) is 39.5 Å². The molecule has 1 N–H and O–H groups in total. The van der Waals surface area contributed by atoms with Crippen LogP contribution in [0.2, 0.25) is 0 Å². The van der Waals surface area contributed by atoms with E-state index in [1.54, 1.807) is 0 Å². The monoisotopic (exact) mass is 157 g/mol. The molecule has 11 heavy (non-hydrogen) atoms. The summed E-state index contributed by atoms with van der Waals surface area (Å²) in [7, 11) is 0. The van der Waals surface area contributed by atoms with E-state index in [1.807, 2.05) is 5.54 Å². The Balaban J connectivity index is 2.73. The summed E-state index contributed by atoms with van der Waals surface area (Å²) in [5, 5.41) is 0. The molecular formula is C9H16FN. The van der Waals surface area contributed by atoms with Crippen molar-refractivity contribution >= 4 is 0 Å². The van der Waals surface area contributed by atoms with Gasteiger partial charge < -0.3 is 0 Å². The Morgan fingerprint density at radius 3 is 2.36 bits per heavy atom. The molecule has 0 bridgehead atoms. The van der Waals surface area contributed by atoms with Crippen LogP contribution in [0.1, 0.15) is 39.5 Å². The van der Waals surface area contributed by atoms with Crippen molar-refractivity contribution in [3.05, 3.63) is 11.3 Å². The molecule has 0 saturated carbocycles. The highest BCUT2D eigenvalue weighted by Gasteiger charge is 2.14. The Kier molecular flexibility index (Phi) is 2.92. The number of allylic oxidation sites excluding steroid dienone is 2. The molecule has 0 radical (unpaired) electrons. The van der Waals surface area contributed by atoms with Crippen molar-refractivity contribution in [1.82, 2.24) is 5.54 Å². The fourth-order valence-corrected chi connectivity index (χ4v) is 1.67. The second kappa shape index (κ2) is 3.74. The summed E-state index contributed by atoms with van der Waals surface area (Å²) in [6.45, 7) is 4.25. The van der Waals surface area contributed by atoms with Crippen LogP contribution in [0.25, 0.3) is 0 Å². The number of rotatable bonds is 2. The van der Waals surface area contributed by atoms with Gasteiger partial charge in [-0.25, -0.2) is 5.54 Å². The number of nitrogens with one attached hydrogen (secondary N) is 1. The standard InChI is InChI=1S/C9H16FN/c1-7(2)8-5-3-4-6-9(8)11-10/h7,11H,3-6H2,1-2H3. The first-order chi connectivity index (χ1) is 5.25. The van der Waals surface area contributed by atoms with Crippen LogP contribution in [-0.2, 0) is 0 Å². The molecule has 0 aromatic heterocycles. The maximum absolute atomic E-state index is 12.2. The minimum absolute atomic E-state index is 0.494. The minimum Gasteiger partial charge on any atom is -0.229 e. The van der Waals surface area contributed by atoms with Crippen molar-refractivity contribution in [2.24, 2.45) is 5.92 Å². The van der Waals surface area contributed by atoms with Gasteiger partial charge in [0.1, 0.15) is 0 Å². The molecule has 0 aliphatic heterocycles. The van der Waals surface area contributed by atoms with E-state index in [9.17, 15) is 4.48 Å². The lowest BCUT2D eigenvalue weighted by molar-refractivity contribution is 0.358. The van der Waals surface area contributed by atoms with E-state index < -0.39 is 0 Å². The van der Waals surface area contributed by atoms with E-state index in [0.717, 1.165) is 25.0 Å². The molecule has 0 fully saturated rings. The van der Waals surface area contributed by atoms with Gasteiger partial charge in [-0.2, -0.15) is 0 Å².